The second-order valence-electron chi connectivity index (χ2n) is 3.92. The predicted molar refractivity (Wildman–Crippen MR) is 65.5 cm³/mol. The number of halogens is 5. The van der Waals surface area contributed by atoms with Crippen LogP contribution in [0.2, 0.25) is 0 Å². The topological polar surface area (TPSA) is 54.4 Å². The molecule has 4 nitrogen and oxygen atoms in total. The Morgan fingerprint density at radius 1 is 1.05 bits per heavy atom. The largest absolute Gasteiger partial charge is 0.272 e. The molecule has 0 fully saturated rings. The van der Waals surface area contributed by atoms with Crippen molar-refractivity contribution < 1.29 is 26.7 Å². The number of amides is 1. The van der Waals surface area contributed by atoms with E-state index >= 15 is 0 Å². The van der Waals surface area contributed by atoms with Gasteiger partial charge in [0, 0.05) is 12.4 Å². The number of hydrogen-bond donors (Lipinski definition) is 1. The standard InChI is InChI=1S/C13H6F5N3O/c14-8-7(9(15)11(17)12(18)10(8)16)5-20-21-13(22)6-2-1-3-19-4-6/h1-5H,(H,21,22)/b20-5-. The Balaban J connectivity index is 2.23. The molecule has 0 aliphatic heterocycles. The Labute approximate surface area is 120 Å². The van der Waals surface area contributed by atoms with Gasteiger partial charge in [0.25, 0.3) is 5.91 Å². The lowest BCUT2D eigenvalue weighted by atomic mass is 10.2. The van der Waals surface area contributed by atoms with Crippen LogP contribution in [-0.2, 0) is 0 Å². The van der Waals surface area contributed by atoms with Gasteiger partial charge in [0.05, 0.1) is 17.3 Å². The summed E-state index contributed by atoms with van der Waals surface area (Å²) in [7, 11) is 0. The zero-order valence-corrected chi connectivity index (χ0v) is 10.6. The fourth-order valence-electron chi connectivity index (χ4n) is 1.45. The summed E-state index contributed by atoms with van der Waals surface area (Å²) in [5.74, 6) is -11.3. The molecule has 0 radical (unpaired) electrons. The van der Waals surface area contributed by atoms with Crippen LogP contribution in [-0.4, -0.2) is 17.1 Å². The number of nitrogens with zero attached hydrogens (tertiary/aromatic N) is 2. The molecule has 0 unspecified atom stereocenters. The minimum Gasteiger partial charge on any atom is -0.267 e. The second kappa shape index (κ2) is 6.29. The van der Waals surface area contributed by atoms with Gasteiger partial charge in [0.15, 0.2) is 23.3 Å². The summed E-state index contributed by atoms with van der Waals surface area (Å²) in [5.41, 5.74) is 0.707. The zero-order valence-electron chi connectivity index (χ0n) is 10.6. The maximum Gasteiger partial charge on any atom is 0.272 e. The normalized spacial score (nSPS) is 11.0. The molecule has 114 valence electrons. The van der Waals surface area contributed by atoms with Crippen LogP contribution in [0.1, 0.15) is 15.9 Å². The van der Waals surface area contributed by atoms with E-state index in [0.29, 0.717) is 6.21 Å². The van der Waals surface area contributed by atoms with Crippen molar-refractivity contribution in [3.63, 3.8) is 0 Å². The third-order valence-corrected chi connectivity index (χ3v) is 2.53. The van der Waals surface area contributed by atoms with Crippen molar-refractivity contribution in [1.29, 1.82) is 0 Å². The smallest absolute Gasteiger partial charge is 0.267 e. The first-order valence-corrected chi connectivity index (χ1v) is 5.68. The van der Waals surface area contributed by atoms with E-state index in [4.69, 9.17) is 0 Å². The summed E-state index contributed by atoms with van der Waals surface area (Å²) in [6.45, 7) is 0. The molecule has 0 atom stereocenters. The third-order valence-electron chi connectivity index (χ3n) is 2.53. The molecular weight excluding hydrogens is 309 g/mol. The molecule has 1 aromatic carbocycles. The molecule has 1 amide bonds. The van der Waals surface area contributed by atoms with Crippen LogP contribution >= 0.6 is 0 Å². The van der Waals surface area contributed by atoms with E-state index < -0.39 is 40.6 Å². The number of rotatable bonds is 3. The molecule has 9 heteroatoms. The highest BCUT2D eigenvalue weighted by molar-refractivity contribution is 5.94. The van der Waals surface area contributed by atoms with Gasteiger partial charge < -0.3 is 0 Å². The van der Waals surface area contributed by atoms with Crippen LogP contribution in [0.15, 0.2) is 29.6 Å². The predicted octanol–water partition coefficient (Wildman–Crippen LogP) is 2.54. The monoisotopic (exact) mass is 315 g/mol. The Morgan fingerprint density at radius 2 is 1.64 bits per heavy atom. The van der Waals surface area contributed by atoms with Crippen molar-refractivity contribution in [3.05, 3.63) is 64.7 Å². The first-order valence-electron chi connectivity index (χ1n) is 5.68. The Bertz CT molecular complexity index is 720. The summed E-state index contributed by atoms with van der Waals surface area (Å²) in [6.07, 6.45) is 2.93. The number of pyridine rings is 1. The molecule has 1 N–H and O–H groups in total. The summed E-state index contributed by atoms with van der Waals surface area (Å²) in [5, 5.41) is 3.16. The highest BCUT2D eigenvalue weighted by Gasteiger charge is 2.24. The quantitative estimate of drug-likeness (QED) is 0.311. The van der Waals surface area contributed by atoms with Gasteiger partial charge in [-0.05, 0) is 12.1 Å². The third kappa shape index (κ3) is 2.92. The van der Waals surface area contributed by atoms with E-state index in [0.717, 1.165) is 0 Å². The van der Waals surface area contributed by atoms with E-state index in [1.807, 2.05) is 5.43 Å². The molecule has 1 heterocycles. The van der Waals surface area contributed by atoms with E-state index in [9.17, 15) is 26.7 Å². The van der Waals surface area contributed by atoms with Crippen molar-refractivity contribution in [3.8, 4) is 0 Å². The van der Waals surface area contributed by atoms with Crippen LogP contribution in [0.5, 0.6) is 0 Å². The first-order chi connectivity index (χ1) is 10.4. The Morgan fingerprint density at radius 3 is 2.18 bits per heavy atom. The molecule has 0 aliphatic carbocycles. The number of nitrogens with one attached hydrogen (secondary N) is 1. The van der Waals surface area contributed by atoms with Crippen LogP contribution in [0.25, 0.3) is 0 Å². The molecule has 1 aromatic heterocycles. The van der Waals surface area contributed by atoms with E-state index in [-0.39, 0.29) is 5.56 Å². The number of benzene rings is 1. The average molecular weight is 315 g/mol. The van der Waals surface area contributed by atoms with Gasteiger partial charge in [-0.15, -0.1) is 0 Å². The van der Waals surface area contributed by atoms with Crippen LogP contribution in [0.3, 0.4) is 0 Å². The fourth-order valence-corrected chi connectivity index (χ4v) is 1.45. The molecule has 2 rings (SSSR count). The lowest BCUT2D eigenvalue weighted by Gasteiger charge is -2.04. The summed E-state index contributed by atoms with van der Waals surface area (Å²) in [4.78, 5) is 15.2. The minimum absolute atomic E-state index is 0.0945. The number of carbonyl (C=O) groups is 1. The maximum absolute atomic E-state index is 13.3. The van der Waals surface area contributed by atoms with Crippen LogP contribution in [0, 0.1) is 29.1 Å². The Kier molecular flexibility index (Phi) is 4.44. The Hall–Kier alpha value is -2.84. The maximum atomic E-state index is 13.3. The fraction of sp³-hybridized carbons (Fsp3) is 0. The number of hydrogen-bond acceptors (Lipinski definition) is 3. The molecule has 22 heavy (non-hydrogen) atoms. The molecule has 2 aromatic rings. The summed E-state index contributed by atoms with van der Waals surface area (Å²) >= 11 is 0. The van der Waals surface area contributed by atoms with Gasteiger partial charge in [-0.25, -0.2) is 27.4 Å². The summed E-state index contributed by atoms with van der Waals surface area (Å²) in [6, 6.07) is 2.85. The van der Waals surface area contributed by atoms with Crippen molar-refractivity contribution in [2.24, 2.45) is 5.10 Å². The molecule has 0 saturated heterocycles. The van der Waals surface area contributed by atoms with Gasteiger partial charge in [-0.2, -0.15) is 5.10 Å². The van der Waals surface area contributed by atoms with E-state index in [2.05, 4.69) is 10.1 Å². The average Bonchev–Trinajstić information content (AvgIpc) is 2.55. The molecular formula is C13H6F5N3O. The number of hydrazone groups is 1. The zero-order chi connectivity index (χ0) is 16.3. The molecule has 0 bridgehead atoms. The van der Waals surface area contributed by atoms with E-state index in [1.54, 1.807) is 0 Å². The van der Waals surface area contributed by atoms with Crippen LogP contribution in [0.4, 0.5) is 22.0 Å². The second-order valence-corrected chi connectivity index (χ2v) is 3.92. The highest BCUT2D eigenvalue weighted by Crippen LogP contribution is 2.21. The van der Waals surface area contributed by atoms with Crippen molar-refractivity contribution in [1.82, 2.24) is 10.4 Å². The van der Waals surface area contributed by atoms with Crippen molar-refractivity contribution >= 4 is 12.1 Å². The van der Waals surface area contributed by atoms with Gasteiger partial charge in [0.2, 0.25) is 5.82 Å². The SMILES string of the molecule is O=C(N/N=C\c1c(F)c(F)c(F)c(F)c1F)c1cccnc1. The van der Waals surface area contributed by atoms with Gasteiger partial charge >= 0.3 is 0 Å². The number of carbonyl (C=O) groups excluding carboxylic acids is 1. The van der Waals surface area contributed by atoms with Gasteiger partial charge in [-0.3, -0.25) is 9.78 Å². The molecule has 0 saturated carbocycles. The highest BCUT2D eigenvalue weighted by atomic mass is 19.2. The van der Waals surface area contributed by atoms with E-state index in [1.165, 1.54) is 24.5 Å². The number of aromatic nitrogens is 1. The molecule has 0 spiro atoms. The minimum atomic E-state index is -2.27. The van der Waals surface area contributed by atoms with Gasteiger partial charge in [0.1, 0.15) is 0 Å². The molecule has 0 aliphatic rings. The lowest BCUT2D eigenvalue weighted by molar-refractivity contribution is 0.0954. The van der Waals surface area contributed by atoms with Crippen LogP contribution < -0.4 is 5.43 Å². The summed E-state index contributed by atoms with van der Waals surface area (Å²) < 4.78 is 65.3. The van der Waals surface area contributed by atoms with Crippen molar-refractivity contribution in [2.75, 3.05) is 0 Å². The first kappa shape index (κ1) is 15.5. The van der Waals surface area contributed by atoms with Crippen molar-refractivity contribution in [2.45, 2.75) is 0 Å². The van der Waals surface area contributed by atoms with Gasteiger partial charge in [-0.1, -0.05) is 0 Å². The lowest BCUT2D eigenvalue weighted by Crippen LogP contribution is -2.18.